The van der Waals surface area contributed by atoms with Crippen LogP contribution in [0.1, 0.15) is 24.2 Å². The van der Waals surface area contributed by atoms with Gasteiger partial charge in [0.2, 0.25) is 0 Å². The Bertz CT molecular complexity index is 641. The van der Waals surface area contributed by atoms with Crippen LogP contribution in [0.5, 0.6) is 0 Å². The van der Waals surface area contributed by atoms with E-state index in [0.717, 1.165) is 5.39 Å². The van der Waals surface area contributed by atoms with Crippen LogP contribution in [0.25, 0.3) is 10.9 Å². The van der Waals surface area contributed by atoms with Crippen molar-refractivity contribution in [1.82, 2.24) is 10.3 Å². The van der Waals surface area contributed by atoms with Gasteiger partial charge in [0.15, 0.2) is 0 Å². The largest absolute Gasteiger partial charge is 0.396 e. The fourth-order valence-corrected chi connectivity index (χ4v) is 2.00. The van der Waals surface area contributed by atoms with Crippen LogP contribution < -0.4 is 5.32 Å². The second-order valence-corrected chi connectivity index (χ2v) is 5.90. The average Bonchev–Trinajstić information content (AvgIpc) is 2.44. The maximum Gasteiger partial charge on any atom is 0.252 e. The smallest absolute Gasteiger partial charge is 0.252 e. The van der Waals surface area contributed by atoms with Gasteiger partial charge in [-0.1, -0.05) is 43.6 Å². The van der Waals surface area contributed by atoms with Crippen molar-refractivity contribution < 1.29 is 9.90 Å². The minimum absolute atomic E-state index is 0.00509. The Labute approximate surface area is 122 Å². The lowest BCUT2D eigenvalue weighted by Crippen LogP contribution is -2.36. The number of para-hydroxylation sites is 1. The quantitative estimate of drug-likeness (QED) is 0.852. The summed E-state index contributed by atoms with van der Waals surface area (Å²) in [6.07, 6.45) is 0. The van der Waals surface area contributed by atoms with Crippen LogP contribution in [0.3, 0.4) is 0 Å². The number of aliphatic hydroxyl groups excluding tert-OH is 1. The maximum absolute atomic E-state index is 12.3. The van der Waals surface area contributed by atoms with Crippen molar-refractivity contribution >= 4 is 28.4 Å². The van der Waals surface area contributed by atoms with E-state index in [2.05, 4.69) is 10.3 Å². The average molecular weight is 293 g/mol. The summed E-state index contributed by atoms with van der Waals surface area (Å²) < 4.78 is 0. The SMILES string of the molecule is CC(C)(CO)CNC(=O)c1cc(Cl)nc2ccccc12. The molecule has 0 aliphatic carbocycles. The number of benzene rings is 1. The van der Waals surface area contributed by atoms with E-state index in [9.17, 15) is 9.90 Å². The molecule has 0 bridgehead atoms. The minimum Gasteiger partial charge on any atom is -0.396 e. The van der Waals surface area contributed by atoms with Crippen molar-refractivity contribution in [2.24, 2.45) is 5.41 Å². The topological polar surface area (TPSA) is 62.2 Å². The summed E-state index contributed by atoms with van der Waals surface area (Å²) in [7, 11) is 0. The van der Waals surface area contributed by atoms with Gasteiger partial charge in [0.1, 0.15) is 5.15 Å². The third kappa shape index (κ3) is 3.26. The summed E-state index contributed by atoms with van der Waals surface area (Å²) in [6.45, 7) is 4.15. The van der Waals surface area contributed by atoms with E-state index >= 15 is 0 Å². The second-order valence-electron chi connectivity index (χ2n) is 5.51. The summed E-state index contributed by atoms with van der Waals surface area (Å²) in [4.78, 5) is 16.5. The zero-order chi connectivity index (χ0) is 14.8. The molecule has 0 fully saturated rings. The van der Waals surface area contributed by atoms with Gasteiger partial charge in [0.25, 0.3) is 5.91 Å². The van der Waals surface area contributed by atoms with Gasteiger partial charge in [-0.3, -0.25) is 4.79 Å². The van der Waals surface area contributed by atoms with Gasteiger partial charge in [-0.15, -0.1) is 0 Å². The molecule has 1 amide bonds. The Morgan fingerprint density at radius 2 is 2.10 bits per heavy atom. The summed E-state index contributed by atoms with van der Waals surface area (Å²) in [5.41, 5.74) is 0.823. The fraction of sp³-hybridized carbons (Fsp3) is 0.333. The molecule has 0 unspecified atom stereocenters. The molecule has 1 aromatic heterocycles. The minimum atomic E-state index is -0.359. The number of amides is 1. The van der Waals surface area contributed by atoms with Crippen LogP contribution in [0.4, 0.5) is 0 Å². The van der Waals surface area contributed by atoms with Crippen LogP contribution in [-0.2, 0) is 0 Å². The van der Waals surface area contributed by atoms with Crippen molar-refractivity contribution in [3.8, 4) is 0 Å². The molecule has 1 heterocycles. The van der Waals surface area contributed by atoms with E-state index < -0.39 is 0 Å². The van der Waals surface area contributed by atoms with Gasteiger partial charge in [-0.25, -0.2) is 4.98 Å². The highest BCUT2D eigenvalue weighted by Gasteiger charge is 2.19. The number of hydrogen-bond donors (Lipinski definition) is 2. The number of carbonyl (C=O) groups is 1. The van der Waals surface area contributed by atoms with Gasteiger partial charge in [-0.2, -0.15) is 0 Å². The van der Waals surface area contributed by atoms with E-state index in [1.807, 2.05) is 38.1 Å². The lowest BCUT2D eigenvalue weighted by atomic mass is 9.95. The molecule has 0 aliphatic rings. The molecule has 0 spiro atoms. The molecule has 1 aromatic carbocycles. The molecule has 106 valence electrons. The number of pyridine rings is 1. The first-order chi connectivity index (χ1) is 9.43. The Kier molecular flexibility index (Phi) is 4.26. The Balaban J connectivity index is 2.30. The normalized spacial score (nSPS) is 11.6. The lowest BCUT2D eigenvalue weighted by molar-refractivity contribution is 0.0912. The van der Waals surface area contributed by atoms with Crippen molar-refractivity contribution in [2.75, 3.05) is 13.2 Å². The number of fused-ring (bicyclic) bond motifs is 1. The molecule has 2 rings (SSSR count). The Morgan fingerprint density at radius 3 is 2.80 bits per heavy atom. The number of nitrogens with zero attached hydrogens (tertiary/aromatic N) is 1. The highest BCUT2D eigenvalue weighted by Crippen LogP contribution is 2.21. The van der Waals surface area contributed by atoms with E-state index in [4.69, 9.17) is 11.6 Å². The fourth-order valence-electron chi connectivity index (χ4n) is 1.80. The number of carbonyl (C=O) groups excluding carboxylic acids is 1. The number of halogens is 1. The van der Waals surface area contributed by atoms with Gasteiger partial charge in [0.05, 0.1) is 11.1 Å². The third-order valence-electron chi connectivity index (χ3n) is 3.09. The molecule has 20 heavy (non-hydrogen) atoms. The van der Waals surface area contributed by atoms with Crippen molar-refractivity contribution in [2.45, 2.75) is 13.8 Å². The lowest BCUT2D eigenvalue weighted by Gasteiger charge is -2.22. The number of rotatable bonds is 4. The zero-order valence-electron chi connectivity index (χ0n) is 11.5. The molecule has 5 heteroatoms. The zero-order valence-corrected chi connectivity index (χ0v) is 12.2. The summed E-state index contributed by atoms with van der Waals surface area (Å²) in [6, 6.07) is 8.92. The first-order valence-electron chi connectivity index (χ1n) is 6.37. The summed E-state index contributed by atoms with van der Waals surface area (Å²) in [5, 5.41) is 13.1. The summed E-state index contributed by atoms with van der Waals surface area (Å²) in [5.74, 6) is -0.216. The van der Waals surface area contributed by atoms with Crippen LogP contribution in [0, 0.1) is 5.41 Å². The molecular formula is C15H17ClN2O2. The Hall–Kier alpha value is -1.65. The van der Waals surface area contributed by atoms with E-state index in [1.54, 1.807) is 6.07 Å². The molecule has 2 aromatic rings. The van der Waals surface area contributed by atoms with Crippen molar-refractivity contribution in [3.05, 3.63) is 41.0 Å². The number of nitrogens with one attached hydrogen (secondary N) is 1. The van der Waals surface area contributed by atoms with Crippen LogP contribution >= 0.6 is 11.6 Å². The van der Waals surface area contributed by atoms with Gasteiger partial charge in [0, 0.05) is 24.0 Å². The highest BCUT2D eigenvalue weighted by atomic mass is 35.5. The monoisotopic (exact) mass is 292 g/mol. The van der Waals surface area contributed by atoms with Gasteiger partial charge >= 0.3 is 0 Å². The molecule has 0 atom stereocenters. The Morgan fingerprint density at radius 1 is 1.40 bits per heavy atom. The molecule has 0 saturated carbocycles. The van der Waals surface area contributed by atoms with Crippen molar-refractivity contribution in [1.29, 1.82) is 0 Å². The number of aromatic nitrogens is 1. The predicted octanol–water partition coefficient (Wildman–Crippen LogP) is 2.64. The molecular weight excluding hydrogens is 276 g/mol. The van der Waals surface area contributed by atoms with E-state index in [0.29, 0.717) is 17.6 Å². The molecule has 2 N–H and O–H groups in total. The number of hydrogen-bond acceptors (Lipinski definition) is 3. The van der Waals surface area contributed by atoms with Gasteiger partial charge < -0.3 is 10.4 Å². The standard InChI is InChI=1S/C15H17ClN2O2/c1-15(2,9-19)8-17-14(20)11-7-13(16)18-12-6-4-3-5-10(11)12/h3-7,19H,8-9H2,1-2H3,(H,17,20). The predicted molar refractivity (Wildman–Crippen MR) is 80.0 cm³/mol. The van der Waals surface area contributed by atoms with Crippen LogP contribution in [0.15, 0.2) is 30.3 Å². The molecule has 0 radical (unpaired) electrons. The highest BCUT2D eigenvalue weighted by molar-refractivity contribution is 6.30. The van der Waals surface area contributed by atoms with Gasteiger partial charge in [-0.05, 0) is 12.1 Å². The van der Waals surface area contributed by atoms with Crippen LogP contribution in [-0.4, -0.2) is 29.1 Å². The second kappa shape index (κ2) is 5.77. The van der Waals surface area contributed by atoms with Crippen LogP contribution in [0.2, 0.25) is 5.15 Å². The maximum atomic E-state index is 12.3. The third-order valence-corrected chi connectivity index (χ3v) is 3.28. The van der Waals surface area contributed by atoms with Crippen molar-refractivity contribution in [3.63, 3.8) is 0 Å². The molecule has 0 aliphatic heterocycles. The van der Waals surface area contributed by atoms with E-state index in [-0.39, 0.29) is 23.1 Å². The number of aliphatic hydroxyl groups is 1. The van der Waals surface area contributed by atoms with E-state index in [1.165, 1.54) is 0 Å². The molecule has 0 saturated heterocycles. The first kappa shape index (κ1) is 14.8. The molecule has 4 nitrogen and oxygen atoms in total. The summed E-state index contributed by atoms with van der Waals surface area (Å²) >= 11 is 5.95. The first-order valence-corrected chi connectivity index (χ1v) is 6.75.